The van der Waals surface area contributed by atoms with Crippen molar-refractivity contribution in [3.63, 3.8) is 0 Å². The molecule has 2 rings (SSSR count). The molecule has 1 fully saturated rings. The molecular formula is C16H15ClN2OS. The maximum Gasteiger partial charge on any atom is 0.267 e. The highest BCUT2D eigenvalue weighted by Crippen LogP contribution is 2.32. The summed E-state index contributed by atoms with van der Waals surface area (Å²) in [4.78, 5) is 19.0. The Hall–Kier alpha value is -1.78. The minimum absolute atomic E-state index is 0.0577. The summed E-state index contributed by atoms with van der Waals surface area (Å²) < 4.78 is 0. The fraction of sp³-hybridized carbons (Fsp3) is 0.125. The predicted molar refractivity (Wildman–Crippen MR) is 91.4 cm³/mol. The topological polar surface area (TPSA) is 32.7 Å². The van der Waals surface area contributed by atoms with Gasteiger partial charge in [-0.1, -0.05) is 35.9 Å². The Morgan fingerprint density at radius 1 is 1.24 bits per heavy atom. The van der Waals surface area contributed by atoms with Crippen molar-refractivity contribution in [2.45, 2.75) is 0 Å². The van der Waals surface area contributed by atoms with Crippen LogP contribution in [0.25, 0.3) is 6.08 Å². The predicted octanol–water partition coefficient (Wildman–Crippen LogP) is 3.98. The molecule has 1 heterocycles. The van der Waals surface area contributed by atoms with Crippen LogP contribution in [-0.2, 0) is 4.79 Å². The number of carbonyl (C=O) groups is 1. The van der Waals surface area contributed by atoms with Crippen LogP contribution in [0, 0.1) is 0 Å². The molecule has 0 saturated carbocycles. The maximum atomic E-state index is 12.4. The number of halogens is 1. The highest BCUT2D eigenvalue weighted by atomic mass is 35.5. The molecule has 0 bridgehead atoms. The molecule has 0 atom stereocenters. The van der Waals surface area contributed by atoms with Gasteiger partial charge >= 0.3 is 0 Å². The normalized spacial score (nSPS) is 18.5. The lowest BCUT2D eigenvalue weighted by molar-refractivity contribution is -0.121. The highest BCUT2D eigenvalue weighted by molar-refractivity contribution is 8.18. The first-order chi connectivity index (χ1) is 10.2. The van der Waals surface area contributed by atoms with Crippen LogP contribution in [0.15, 0.2) is 59.5 Å². The Kier molecular flexibility index (Phi) is 5.42. The minimum atomic E-state index is -0.0577. The third-order valence-electron chi connectivity index (χ3n) is 2.72. The molecule has 108 valence electrons. The number of amidine groups is 1. The van der Waals surface area contributed by atoms with E-state index in [1.807, 2.05) is 18.2 Å². The van der Waals surface area contributed by atoms with Crippen LogP contribution in [0.4, 0.5) is 0 Å². The summed E-state index contributed by atoms with van der Waals surface area (Å²) in [6, 6.07) is 7.35. The molecule has 3 nitrogen and oxygen atoms in total. The van der Waals surface area contributed by atoms with Gasteiger partial charge < -0.3 is 0 Å². The third-order valence-corrected chi connectivity index (χ3v) is 4.02. The largest absolute Gasteiger partial charge is 0.283 e. The molecule has 1 aliphatic heterocycles. The molecule has 1 saturated heterocycles. The van der Waals surface area contributed by atoms with E-state index in [1.54, 1.807) is 29.2 Å². The standard InChI is InChI=1S/C16H15ClN2OS/c1-3-9-18-16-19(10-4-2)15(20)14(21-16)11-12-5-7-13(17)8-6-12/h3-8,11H,1-2,9-10H2/b14-11-,18-16?. The minimum Gasteiger partial charge on any atom is -0.283 e. The van der Waals surface area contributed by atoms with Gasteiger partial charge in [-0.2, -0.15) is 0 Å². The van der Waals surface area contributed by atoms with E-state index in [0.29, 0.717) is 28.2 Å². The number of carbonyl (C=O) groups excluding carboxylic acids is 1. The summed E-state index contributed by atoms with van der Waals surface area (Å²) in [5, 5.41) is 1.35. The van der Waals surface area contributed by atoms with Gasteiger partial charge in [0.1, 0.15) is 0 Å². The van der Waals surface area contributed by atoms with Gasteiger partial charge in [-0.3, -0.25) is 14.7 Å². The van der Waals surface area contributed by atoms with E-state index >= 15 is 0 Å². The monoisotopic (exact) mass is 318 g/mol. The van der Waals surface area contributed by atoms with Gasteiger partial charge in [0.25, 0.3) is 5.91 Å². The fourth-order valence-electron chi connectivity index (χ4n) is 1.77. The molecule has 0 aromatic heterocycles. The van der Waals surface area contributed by atoms with Crippen molar-refractivity contribution in [1.82, 2.24) is 4.90 Å². The quantitative estimate of drug-likeness (QED) is 0.607. The Bertz CT molecular complexity index is 620. The maximum absolute atomic E-state index is 12.4. The van der Waals surface area contributed by atoms with Crippen molar-refractivity contribution in [1.29, 1.82) is 0 Å². The van der Waals surface area contributed by atoms with Crippen LogP contribution in [0.2, 0.25) is 5.02 Å². The van der Waals surface area contributed by atoms with Crippen LogP contribution in [0.3, 0.4) is 0 Å². The average molecular weight is 319 g/mol. The SMILES string of the molecule is C=CCN=C1S/C(=C\c2ccc(Cl)cc2)C(=O)N1CC=C. The van der Waals surface area contributed by atoms with E-state index < -0.39 is 0 Å². The summed E-state index contributed by atoms with van der Waals surface area (Å²) in [6.45, 7) is 8.25. The zero-order valence-corrected chi connectivity index (χ0v) is 13.0. The number of benzene rings is 1. The molecule has 0 aliphatic carbocycles. The summed E-state index contributed by atoms with van der Waals surface area (Å²) >= 11 is 7.23. The Balaban J connectivity index is 2.28. The number of hydrogen-bond acceptors (Lipinski definition) is 3. The third kappa shape index (κ3) is 3.86. The molecule has 0 unspecified atom stereocenters. The summed E-state index contributed by atoms with van der Waals surface area (Å²) in [5.41, 5.74) is 0.929. The molecule has 0 N–H and O–H groups in total. The smallest absolute Gasteiger partial charge is 0.267 e. The number of rotatable bonds is 5. The second-order valence-electron chi connectivity index (χ2n) is 4.28. The van der Waals surface area contributed by atoms with Crippen LogP contribution >= 0.6 is 23.4 Å². The van der Waals surface area contributed by atoms with E-state index in [0.717, 1.165) is 5.56 Å². The van der Waals surface area contributed by atoms with E-state index in [2.05, 4.69) is 18.2 Å². The molecule has 5 heteroatoms. The Morgan fingerprint density at radius 3 is 2.57 bits per heavy atom. The molecule has 0 radical (unpaired) electrons. The van der Waals surface area contributed by atoms with Crippen molar-refractivity contribution < 1.29 is 4.79 Å². The van der Waals surface area contributed by atoms with Gasteiger partial charge in [-0.05, 0) is 35.5 Å². The fourth-order valence-corrected chi connectivity index (χ4v) is 2.89. The molecule has 1 aromatic carbocycles. The molecule has 1 aliphatic rings. The van der Waals surface area contributed by atoms with E-state index in [4.69, 9.17) is 11.6 Å². The summed E-state index contributed by atoms with van der Waals surface area (Å²) in [6.07, 6.45) is 5.23. The molecule has 21 heavy (non-hydrogen) atoms. The Morgan fingerprint density at radius 2 is 1.95 bits per heavy atom. The number of thioether (sulfide) groups is 1. The van der Waals surface area contributed by atoms with Gasteiger partial charge in [-0.25, -0.2) is 0 Å². The van der Waals surface area contributed by atoms with Gasteiger partial charge in [-0.15, -0.1) is 13.2 Å². The van der Waals surface area contributed by atoms with Gasteiger partial charge in [0.05, 0.1) is 11.4 Å². The van der Waals surface area contributed by atoms with Crippen LogP contribution in [0.5, 0.6) is 0 Å². The van der Waals surface area contributed by atoms with Crippen molar-refractivity contribution in [3.05, 3.63) is 65.1 Å². The van der Waals surface area contributed by atoms with Gasteiger partial charge in [0.2, 0.25) is 0 Å². The van der Waals surface area contributed by atoms with Gasteiger partial charge in [0.15, 0.2) is 5.17 Å². The Labute approximate surface area is 133 Å². The lowest BCUT2D eigenvalue weighted by atomic mass is 10.2. The molecule has 1 amide bonds. The van der Waals surface area contributed by atoms with Crippen molar-refractivity contribution in [2.24, 2.45) is 4.99 Å². The van der Waals surface area contributed by atoms with Crippen LogP contribution < -0.4 is 0 Å². The van der Waals surface area contributed by atoms with Crippen molar-refractivity contribution in [2.75, 3.05) is 13.1 Å². The highest BCUT2D eigenvalue weighted by Gasteiger charge is 2.32. The first-order valence-electron chi connectivity index (χ1n) is 6.39. The lowest BCUT2D eigenvalue weighted by Gasteiger charge is -2.12. The molecular weight excluding hydrogens is 304 g/mol. The number of aliphatic imine (C=N–C) groups is 1. The first kappa shape index (κ1) is 15.6. The molecule has 1 aromatic rings. The average Bonchev–Trinajstić information content (AvgIpc) is 2.77. The zero-order chi connectivity index (χ0) is 15.2. The van der Waals surface area contributed by atoms with Crippen LogP contribution in [0.1, 0.15) is 5.56 Å². The lowest BCUT2D eigenvalue weighted by Crippen LogP contribution is -2.29. The van der Waals surface area contributed by atoms with E-state index in [-0.39, 0.29) is 5.91 Å². The summed E-state index contributed by atoms with van der Waals surface area (Å²) in [5.74, 6) is -0.0577. The summed E-state index contributed by atoms with van der Waals surface area (Å²) in [7, 11) is 0. The second-order valence-corrected chi connectivity index (χ2v) is 5.72. The number of amides is 1. The van der Waals surface area contributed by atoms with Crippen molar-refractivity contribution in [3.8, 4) is 0 Å². The van der Waals surface area contributed by atoms with Crippen molar-refractivity contribution >= 4 is 40.5 Å². The van der Waals surface area contributed by atoms with E-state index in [9.17, 15) is 4.79 Å². The molecule has 0 spiro atoms. The number of hydrogen-bond donors (Lipinski definition) is 0. The van der Waals surface area contributed by atoms with Gasteiger partial charge in [0, 0.05) is 11.6 Å². The van der Waals surface area contributed by atoms with Crippen LogP contribution in [-0.4, -0.2) is 29.1 Å². The van der Waals surface area contributed by atoms with E-state index in [1.165, 1.54) is 11.8 Å². The first-order valence-corrected chi connectivity index (χ1v) is 7.58. The second kappa shape index (κ2) is 7.29. The number of nitrogens with zero attached hydrogens (tertiary/aromatic N) is 2. The zero-order valence-electron chi connectivity index (χ0n) is 11.5.